The Morgan fingerprint density at radius 1 is 1.25 bits per heavy atom. The van der Waals surface area contributed by atoms with Crippen molar-refractivity contribution in [2.75, 3.05) is 19.6 Å². The summed E-state index contributed by atoms with van der Waals surface area (Å²) >= 11 is 3.40. The molecular weight excluding hydrogens is 320 g/mol. The number of likely N-dealkylation sites (tertiary alicyclic amines) is 1. The van der Waals surface area contributed by atoms with Gasteiger partial charge in [-0.1, -0.05) is 22.0 Å². The van der Waals surface area contributed by atoms with Crippen LogP contribution in [0.5, 0.6) is 0 Å². The molecule has 108 valence electrons. The van der Waals surface area contributed by atoms with Crippen LogP contribution in [0.1, 0.15) is 35.2 Å². The molecule has 1 N–H and O–H groups in total. The molecule has 1 aromatic carbocycles. The van der Waals surface area contributed by atoms with Gasteiger partial charge < -0.3 is 10.2 Å². The van der Waals surface area contributed by atoms with Crippen molar-refractivity contribution in [2.45, 2.75) is 26.2 Å². The summed E-state index contributed by atoms with van der Waals surface area (Å²) in [5.41, 5.74) is 1.49. The van der Waals surface area contributed by atoms with Gasteiger partial charge in [0.2, 0.25) is 5.91 Å². The van der Waals surface area contributed by atoms with Crippen molar-refractivity contribution in [3.63, 3.8) is 0 Å². The number of amides is 2. The summed E-state index contributed by atoms with van der Waals surface area (Å²) in [5, 5.41) is 2.71. The van der Waals surface area contributed by atoms with Crippen molar-refractivity contribution < 1.29 is 9.59 Å². The average molecular weight is 339 g/mol. The Labute approximate surface area is 127 Å². The Bertz CT molecular complexity index is 511. The summed E-state index contributed by atoms with van der Waals surface area (Å²) in [6, 6.07) is 5.48. The molecular formula is C15H19BrN2O2. The maximum atomic E-state index is 12.1. The lowest BCUT2D eigenvalue weighted by Crippen LogP contribution is -2.42. The standard InChI is InChI=1S/C15H19BrN2O2/c1-11-12(6-5-7-13(11)16)15(20)17-10-14(19)18-8-3-2-4-9-18/h5-7H,2-4,8-10H2,1H3,(H,17,20). The minimum atomic E-state index is -0.200. The number of carbonyl (C=O) groups excluding carboxylic acids is 2. The second kappa shape index (κ2) is 6.88. The monoisotopic (exact) mass is 338 g/mol. The largest absolute Gasteiger partial charge is 0.343 e. The van der Waals surface area contributed by atoms with Crippen molar-refractivity contribution in [1.29, 1.82) is 0 Å². The highest BCUT2D eigenvalue weighted by Gasteiger charge is 2.18. The molecule has 2 amide bonds. The van der Waals surface area contributed by atoms with Gasteiger partial charge in [0.25, 0.3) is 5.91 Å². The molecule has 5 heteroatoms. The number of nitrogens with one attached hydrogen (secondary N) is 1. The van der Waals surface area contributed by atoms with Gasteiger partial charge >= 0.3 is 0 Å². The zero-order valence-electron chi connectivity index (χ0n) is 11.6. The van der Waals surface area contributed by atoms with Gasteiger partial charge in [-0.2, -0.15) is 0 Å². The first kappa shape index (κ1) is 15.0. The van der Waals surface area contributed by atoms with Crippen molar-refractivity contribution in [2.24, 2.45) is 0 Å². The predicted molar refractivity (Wildman–Crippen MR) is 81.6 cm³/mol. The molecule has 0 aliphatic carbocycles. The summed E-state index contributed by atoms with van der Waals surface area (Å²) in [6.07, 6.45) is 3.31. The second-order valence-electron chi connectivity index (χ2n) is 5.04. The third-order valence-corrected chi connectivity index (χ3v) is 4.48. The quantitative estimate of drug-likeness (QED) is 0.920. The third kappa shape index (κ3) is 3.60. The Hall–Kier alpha value is -1.36. The first-order valence-electron chi connectivity index (χ1n) is 6.90. The molecule has 1 aliphatic rings. The molecule has 0 radical (unpaired) electrons. The van der Waals surface area contributed by atoms with Crippen molar-refractivity contribution in [1.82, 2.24) is 10.2 Å². The molecule has 0 spiro atoms. The van der Waals surface area contributed by atoms with E-state index >= 15 is 0 Å². The first-order chi connectivity index (χ1) is 9.59. The lowest BCUT2D eigenvalue weighted by molar-refractivity contribution is -0.130. The normalized spacial score (nSPS) is 15.0. The molecule has 2 rings (SSSR count). The van der Waals surface area contributed by atoms with Crippen LogP contribution in [0.2, 0.25) is 0 Å². The zero-order valence-corrected chi connectivity index (χ0v) is 13.2. The van der Waals surface area contributed by atoms with E-state index in [1.165, 1.54) is 6.42 Å². The van der Waals surface area contributed by atoms with Crippen molar-refractivity contribution in [3.8, 4) is 0 Å². The Balaban J connectivity index is 1.91. The van der Waals surface area contributed by atoms with E-state index in [0.29, 0.717) is 5.56 Å². The summed E-state index contributed by atoms with van der Waals surface area (Å²) in [4.78, 5) is 25.9. The number of rotatable bonds is 3. The van der Waals surface area contributed by atoms with Crippen LogP contribution < -0.4 is 5.32 Å². The molecule has 20 heavy (non-hydrogen) atoms. The highest BCUT2D eigenvalue weighted by Crippen LogP contribution is 2.19. The molecule has 1 heterocycles. The topological polar surface area (TPSA) is 49.4 Å². The molecule has 0 saturated carbocycles. The van der Waals surface area contributed by atoms with Gasteiger partial charge in [0.15, 0.2) is 0 Å². The smallest absolute Gasteiger partial charge is 0.252 e. The summed E-state index contributed by atoms with van der Waals surface area (Å²) in [6.45, 7) is 3.57. The van der Waals surface area contributed by atoms with Crippen LogP contribution in [0, 0.1) is 6.92 Å². The van der Waals surface area contributed by atoms with Crippen LogP contribution >= 0.6 is 15.9 Å². The maximum absolute atomic E-state index is 12.1. The minimum Gasteiger partial charge on any atom is -0.343 e. The second-order valence-corrected chi connectivity index (χ2v) is 5.89. The Morgan fingerprint density at radius 2 is 1.95 bits per heavy atom. The number of benzene rings is 1. The van der Waals surface area contributed by atoms with Crippen LogP contribution in [0.25, 0.3) is 0 Å². The summed E-state index contributed by atoms with van der Waals surface area (Å²) < 4.78 is 0.896. The van der Waals surface area contributed by atoms with E-state index < -0.39 is 0 Å². The van der Waals surface area contributed by atoms with Crippen LogP contribution in [0.4, 0.5) is 0 Å². The van der Waals surface area contributed by atoms with Crippen LogP contribution in [0.3, 0.4) is 0 Å². The number of hydrogen-bond donors (Lipinski definition) is 1. The predicted octanol–water partition coefficient (Wildman–Crippen LogP) is 2.50. The van der Waals surface area contributed by atoms with Gasteiger partial charge in [0.05, 0.1) is 6.54 Å². The first-order valence-corrected chi connectivity index (χ1v) is 7.70. The molecule has 1 fully saturated rings. The van der Waals surface area contributed by atoms with Gasteiger partial charge in [-0.3, -0.25) is 9.59 Å². The van der Waals surface area contributed by atoms with Gasteiger partial charge in [-0.25, -0.2) is 0 Å². The van der Waals surface area contributed by atoms with E-state index in [1.807, 2.05) is 24.0 Å². The molecule has 1 saturated heterocycles. The van der Waals surface area contributed by atoms with E-state index in [-0.39, 0.29) is 18.4 Å². The van der Waals surface area contributed by atoms with E-state index in [4.69, 9.17) is 0 Å². The number of piperidine rings is 1. The van der Waals surface area contributed by atoms with Crippen LogP contribution in [-0.4, -0.2) is 36.3 Å². The fraction of sp³-hybridized carbons (Fsp3) is 0.467. The molecule has 0 aromatic heterocycles. The molecule has 4 nitrogen and oxygen atoms in total. The number of hydrogen-bond acceptors (Lipinski definition) is 2. The maximum Gasteiger partial charge on any atom is 0.252 e. The van der Waals surface area contributed by atoms with Gasteiger partial charge in [0, 0.05) is 23.1 Å². The SMILES string of the molecule is Cc1c(Br)cccc1C(=O)NCC(=O)N1CCCCC1. The summed E-state index contributed by atoms with van der Waals surface area (Å²) in [7, 11) is 0. The highest BCUT2D eigenvalue weighted by molar-refractivity contribution is 9.10. The third-order valence-electron chi connectivity index (χ3n) is 3.62. The van der Waals surface area contributed by atoms with Gasteiger partial charge in [0.1, 0.15) is 0 Å². The van der Waals surface area contributed by atoms with Crippen molar-refractivity contribution in [3.05, 3.63) is 33.8 Å². The van der Waals surface area contributed by atoms with E-state index in [0.717, 1.165) is 36.0 Å². The van der Waals surface area contributed by atoms with E-state index in [1.54, 1.807) is 6.07 Å². The average Bonchev–Trinajstić information content (AvgIpc) is 2.48. The van der Waals surface area contributed by atoms with E-state index in [2.05, 4.69) is 21.2 Å². The number of carbonyl (C=O) groups is 2. The molecule has 1 aromatic rings. The molecule has 0 unspecified atom stereocenters. The Morgan fingerprint density at radius 3 is 2.65 bits per heavy atom. The summed E-state index contributed by atoms with van der Waals surface area (Å²) in [5.74, 6) is -0.195. The van der Waals surface area contributed by atoms with E-state index in [9.17, 15) is 9.59 Å². The number of nitrogens with zero attached hydrogens (tertiary/aromatic N) is 1. The van der Waals surface area contributed by atoms with Crippen molar-refractivity contribution >= 4 is 27.7 Å². The minimum absolute atomic E-state index is 0.00528. The lowest BCUT2D eigenvalue weighted by atomic mass is 10.1. The lowest BCUT2D eigenvalue weighted by Gasteiger charge is -2.26. The highest BCUT2D eigenvalue weighted by atomic mass is 79.9. The van der Waals surface area contributed by atoms with Gasteiger partial charge in [-0.05, 0) is 43.9 Å². The Kier molecular flexibility index (Phi) is 5.17. The molecule has 0 bridgehead atoms. The number of halogens is 1. The fourth-order valence-corrected chi connectivity index (χ4v) is 2.73. The van der Waals surface area contributed by atoms with Crippen LogP contribution in [-0.2, 0) is 4.79 Å². The molecule has 0 atom stereocenters. The van der Waals surface area contributed by atoms with Gasteiger partial charge in [-0.15, -0.1) is 0 Å². The molecule has 1 aliphatic heterocycles. The van der Waals surface area contributed by atoms with Crippen LogP contribution in [0.15, 0.2) is 22.7 Å². The zero-order chi connectivity index (χ0) is 14.5. The fourth-order valence-electron chi connectivity index (χ4n) is 2.36.